The molecule has 0 aliphatic rings. The molecule has 3 nitrogen and oxygen atoms in total. The Morgan fingerprint density at radius 3 is 2.32 bits per heavy atom. The second kappa shape index (κ2) is 6.60. The number of para-hydroxylation sites is 1. The normalized spacial score (nSPS) is 11.0. The zero-order valence-corrected chi connectivity index (χ0v) is 15.1. The molecule has 0 spiro atoms. The minimum absolute atomic E-state index is 0.474. The monoisotopic (exact) mass is 387 g/mol. The number of nitrogens with zero attached hydrogens (tertiary/aromatic N) is 2. The molecule has 0 radical (unpaired) electrons. The molecule has 0 aliphatic heterocycles. The van der Waals surface area contributed by atoms with Gasteiger partial charge in [0.2, 0.25) is 0 Å². The molecule has 0 aliphatic carbocycles. The van der Waals surface area contributed by atoms with Crippen LogP contribution in [0.2, 0.25) is 15.1 Å². The third kappa shape index (κ3) is 3.07. The second-order valence-corrected chi connectivity index (χ2v) is 6.73. The summed E-state index contributed by atoms with van der Waals surface area (Å²) in [5.41, 5.74) is 3.06. The number of imidazole rings is 1. The van der Waals surface area contributed by atoms with E-state index >= 15 is 0 Å². The van der Waals surface area contributed by atoms with Crippen LogP contribution in [0.25, 0.3) is 16.9 Å². The average Bonchev–Trinajstić information content (AvgIpc) is 2.95. The summed E-state index contributed by atoms with van der Waals surface area (Å²) >= 11 is 18.9. The largest absolute Gasteiger partial charge is 0.339 e. The van der Waals surface area contributed by atoms with E-state index in [0.29, 0.717) is 26.4 Å². The third-order valence-electron chi connectivity index (χ3n) is 3.81. The van der Waals surface area contributed by atoms with Crippen LogP contribution < -0.4 is 5.32 Å². The summed E-state index contributed by atoms with van der Waals surface area (Å²) in [5, 5.41) is 5.01. The number of anilines is 2. The highest BCUT2D eigenvalue weighted by atomic mass is 35.5. The molecule has 0 amide bonds. The Balaban J connectivity index is 2.00. The van der Waals surface area contributed by atoms with Crippen LogP contribution in [0.15, 0.2) is 66.9 Å². The van der Waals surface area contributed by atoms with Crippen LogP contribution in [0.4, 0.5) is 11.5 Å². The molecule has 124 valence electrons. The van der Waals surface area contributed by atoms with Gasteiger partial charge >= 0.3 is 0 Å². The van der Waals surface area contributed by atoms with E-state index in [4.69, 9.17) is 39.8 Å². The van der Waals surface area contributed by atoms with E-state index in [-0.39, 0.29) is 0 Å². The van der Waals surface area contributed by atoms with Gasteiger partial charge in [-0.1, -0.05) is 71.2 Å². The third-order valence-corrected chi connectivity index (χ3v) is 4.62. The quantitative estimate of drug-likeness (QED) is 0.423. The van der Waals surface area contributed by atoms with Crippen molar-refractivity contribution >= 4 is 52.0 Å². The number of pyridine rings is 1. The summed E-state index contributed by atoms with van der Waals surface area (Å²) in [5.74, 6) is 0.749. The van der Waals surface area contributed by atoms with Gasteiger partial charge < -0.3 is 5.32 Å². The van der Waals surface area contributed by atoms with E-state index < -0.39 is 0 Å². The van der Waals surface area contributed by atoms with Gasteiger partial charge in [0.15, 0.2) is 5.65 Å². The minimum atomic E-state index is 0.474. The number of halogens is 3. The standard InChI is InChI=1S/C19H12Cl3N3/c20-12-10-16(22)18-24-17(14-8-4-5-9-15(14)21)19(25(18)11-12)23-13-6-2-1-3-7-13/h1-11,23H. The molecule has 0 fully saturated rings. The first-order chi connectivity index (χ1) is 12.1. The molecule has 2 aromatic heterocycles. The lowest BCUT2D eigenvalue weighted by atomic mass is 10.1. The van der Waals surface area contributed by atoms with Crippen LogP contribution in [-0.4, -0.2) is 9.38 Å². The summed E-state index contributed by atoms with van der Waals surface area (Å²) in [6, 6.07) is 19.1. The number of hydrogen-bond acceptors (Lipinski definition) is 2. The number of nitrogens with one attached hydrogen (secondary N) is 1. The Morgan fingerprint density at radius 1 is 0.840 bits per heavy atom. The number of benzene rings is 2. The molecule has 25 heavy (non-hydrogen) atoms. The van der Waals surface area contributed by atoms with Crippen molar-refractivity contribution in [3.8, 4) is 11.3 Å². The number of fused-ring (bicyclic) bond motifs is 1. The van der Waals surface area contributed by atoms with Crippen LogP contribution >= 0.6 is 34.8 Å². The van der Waals surface area contributed by atoms with Gasteiger partial charge in [0.1, 0.15) is 11.5 Å². The smallest absolute Gasteiger partial charge is 0.158 e. The maximum Gasteiger partial charge on any atom is 0.158 e. The second-order valence-electron chi connectivity index (χ2n) is 5.48. The Hall–Kier alpha value is -2.20. The molecule has 0 saturated heterocycles. The van der Waals surface area contributed by atoms with Crippen molar-refractivity contribution in [1.82, 2.24) is 9.38 Å². The Morgan fingerprint density at radius 2 is 1.56 bits per heavy atom. The molecular formula is C19H12Cl3N3. The van der Waals surface area contributed by atoms with Gasteiger partial charge in [-0.25, -0.2) is 4.98 Å². The predicted octanol–water partition coefficient (Wildman–Crippen LogP) is 6.71. The summed E-state index contributed by atoms with van der Waals surface area (Å²) in [6.45, 7) is 0. The lowest BCUT2D eigenvalue weighted by Gasteiger charge is -2.10. The molecule has 0 saturated carbocycles. The molecule has 2 aromatic carbocycles. The highest BCUT2D eigenvalue weighted by molar-refractivity contribution is 6.36. The number of aromatic nitrogens is 2. The fourth-order valence-electron chi connectivity index (χ4n) is 2.69. The highest BCUT2D eigenvalue weighted by Gasteiger charge is 2.18. The van der Waals surface area contributed by atoms with E-state index in [1.807, 2.05) is 59.0 Å². The van der Waals surface area contributed by atoms with E-state index in [2.05, 4.69) is 5.32 Å². The van der Waals surface area contributed by atoms with Crippen molar-refractivity contribution in [1.29, 1.82) is 0 Å². The van der Waals surface area contributed by atoms with E-state index in [9.17, 15) is 0 Å². The van der Waals surface area contributed by atoms with Crippen molar-refractivity contribution in [2.45, 2.75) is 0 Å². The first-order valence-corrected chi connectivity index (χ1v) is 8.71. The highest BCUT2D eigenvalue weighted by Crippen LogP contribution is 2.37. The van der Waals surface area contributed by atoms with Gasteiger partial charge in [0.05, 0.1) is 15.1 Å². The predicted molar refractivity (Wildman–Crippen MR) is 105 cm³/mol. The van der Waals surface area contributed by atoms with Crippen molar-refractivity contribution in [3.05, 3.63) is 81.9 Å². The minimum Gasteiger partial charge on any atom is -0.339 e. The first-order valence-electron chi connectivity index (χ1n) is 7.57. The molecule has 4 aromatic rings. The molecule has 6 heteroatoms. The van der Waals surface area contributed by atoms with Crippen molar-refractivity contribution in [2.75, 3.05) is 5.32 Å². The fourth-order valence-corrected chi connectivity index (χ4v) is 3.43. The zero-order chi connectivity index (χ0) is 17.4. The Labute approximate surface area is 159 Å². The molecule has 0 bridgehead atoms. The summed E-state index contributed by atoms with van der Waals surface area (Å²) in [4.78, 5) is 4.71. The maximum atomic E-state index is 6.40. The number of rotatable bonds is 3. The Kier molecular flexibility index (Phi) is 4.30. The molecular weight excluding hydrogens is 377 g/mol. The fraction of sp³-hybridized carbons (Fsp3) is 0. The van der Waals surface area contributed by atoms with Crippen LogP contribution in [0.1, 0.15) is 0 Å². The van der Waals surface area contributed by atoms with Gasteiger partial charge in [0.25, 0.3) is 0 Å². The van der Waals surface area contributed by atoms with Crippen LogP contribution in [0.3, 0.4) is 0 Å². The lowest BCUT2D eigenvalue weighted by Crippen LogP contribution is -1.97. The van der Waals surface area contributed by atoms with Crippen LogP contribution in [0, 0.1) is 0 Å². The van der Waals surface area contributed by atoms with Crippen LogP contribution in [-0.2, 0) is 0 Å². The molecule has 2 heterocycles. The topological polar surface area (TPSA) is 29.3 Å². The summed E-state index contributed by atoms with van der Waals surface area (Å²) < 4.78 is 1.84. The van der Waals surface area contributed by atoms with E-state index in [1.165, 1.54) is 0 Å². The zero-order valence-electron chi connectivity index (χ0n) is 12.9. The maximum absolute atomic E-state index is 6.40. The van der Waals surface area contributed by atoms with Gasteiger partial charge in [-0.05, 0) is 24.3 Å². The van der Waals surface area contributed by atoms with Crippen LogP contribution in [0.5, 0.6) is 0 Å². The van der Waals surface area contributed by atoms with Gasteiger partial charge in [-0.3, -0.25) is 4.40 Å². The van der Waals surface area contributed by atoms with Gasteiger partial charge in [-0.2, -0.15) is 0 Å². The molecule has 1 N–H and O–H groups in total. The van der Waals surface area contributed by atoms with Crippen molar-refractivity contribution < 1.29 is 0 Å². The van der Waals surface area contributed by atoms with E-state index in [1.54, 1.807) is 12.3 Å². The van der Waals surface area contributed by atoms with Gasteiger partial charge in [-0.15, -0.1) is 0 Å². The summed E-state index contributed by atoms with van der Waals surface area (Å²) in [6.07, 6.45) is 1.78. The SMILES string of the molecule is Clc1cc(Cl)c2nc(-c3ccccc3Cl)c(Nc3ccccc3)n2c1. The first kappa shape index (κ1) is 16.3. The molecule has 0 atom stereocenters. The lowest BCUT2D eigenvalue weighted by molar-refractivity contribution is 1.18. The van der Waals surface area contributed by atoms with E-state index in [0.717, 1.165) is 17.1 Å². The van der Waals surface area contributed by atoms with Crippen molar-refractivity contribution in [2.24, 2.45) is 0 Å². The summed E-state index contributed by atoms with van der Waals surface area (Å²) in [7, 11) is 0. The molecule has 0 unspecified atom stereocenters. The average molecular weight is 389 g/mol. The number of hydrogen-bond donors (Lipinski definition) is 1. The molecule has 4 rings (SSSR count). The van der Waals surface area contributed by atoms with Crippen molar-refractivity contribution in [3.63, 3.8) is 0 Å². The Bertz CT molecular complexity index is 1060. The van der Waals surface area contributed by atoms with Gasteiger partial charge in [0, 0.05) is 17.4 Å².